The molecule has 1 heterocycles. The first-order chi connectivity index (χ1) is 11.3. The zero-order chi connectivity index (χ0) is 15.9. The molecule has 3 nitrogen and oxygen atoms in total. The fraction of sp³-hybridized carbons (Fsp3) is 0. The number of rotatable bonds is 0. The van der Waals surface area contributed by atoms with Crippen LogP contribution in [0.15, 0.2) is 67.1 Å². The van der Waals surface area contributed by atoms with Gasteiger partial charge in [0.15, 0.2) is 0 Å². The maximum Gasteiger partial charge on any atom is 0.131 e. The molecular weight excluding hydrogens is 282 g/mol. The molecule has 3 heteroatoms. The van der Waals surface area contributed by atoms with Gasteiger partial charge < -0.3 is 5.73 Å². The van der Waals surface area contributed by atoms with Gasteiger partial charge in [0.1, 0.15) is 5.69 Å². The van der Waals surface area contributed by atoms with Gasteiger partial charge in [0.05, 0.1) is 6.20 Å². The summed E-state index contributed by atoms with van der Waals surface area (Å²) in [5.41, 5.74) is 9.72. The molecule has 0 fully saturated rings. The Morgan fingerprint density at radius 2 is 1.30 bits per heavy atom. The Balaban J connectivity index is 1.94. The molecule has 3 aromatic rings. The van der Waals surface area contributed by atoms with E-state index in [1.54, 1.807) is 18.6 Å². The molecule has 0 bridgehead atoms. The monoisotopic (exact) mass is 295 g/mol. The van der Waals surface area contributed by atoms with Gasteiger partial charge in [-0.3, -0.25) is 4.98 Å². The smallest absolute Gasteiger partial charge is 0.131 e. The average molecular weight is 295 g/mol. The summed E-state index contributed by atoms with van der Waals surface area (Å²) in [6.07, 6.45) is 4.87. The molecule has 0 aliphatic rings. The third-order valence-corrected chi connectivity index (χ3v) is 3.11. The summed E-state index contributed by atoms with van der Waals surface area (Å²) in [4.78, 5) is 8.14. The lowest BCUT2D eigenvalue weighted by Crippen LogP contribution is -1.89. The maximum atomic E-state index is 5.91. The van der Waals surface area contributed by atoms with Crippen LogP contribution in [0.25, 0.3) is 0 Å². The van der Waals surface area contributed by atoms with E-state index in [2.05, 4.69) is 33.6 Å². The van der Waals surface area contributed by atoms with Crippen molar-refractivity contribution in [3.8, 4) is 23.7 Å². The fourth-order valence-electron chi connectivity index (χ4n) is 1.94. The Morgan fingerprint density at radius 3 is 1.96 bits per heavy atom. The Morgan fingerprint density at radius 1 is 0.696 bits per heavy atom. The lowest BCUT2D eigenvalue weighted by atomic mass is 10.1. The molecule has 0 saturated carbocycles. The van der Waals surface area contributed by atoms with E-state index in [-0.39, 0.29) is 0 Å². The second kappa shape index (κ2) is 6.93. The largest absolute Gasteiger partial charge is 0.398 e. The Labute approximate surface area is 135 Å². The molecule has 1 aromatic heterocycles. The van der Waals surface area contributed by atoms with Crippen molar-refractivity contribution in [1.82, 2.24) is 9.97 Å². The topological polar surface area (TPSA) is 51.8 Å². The summed E-state index contributed by atoms with van der Waals surface area (Å²) in [5, 5.41) is 0. The molecule has 0 saturated heterocycles. The fourth-order valence-corrected chi connectivity index (χ4v) is 1.94. The van der Waals surface area contributed by atoms with E-state index in [1.165, 1.54) is 0 Å². The minimum absolute atomic E-state index is 0.627. The van der Waals surface area contributed by atoms with Crippen molar-refractivity contribution in [1.29, 1.82) is 0 Å². The first-order valence-corrected chi connectivity index (χ1v) is 7.06. The van der Waals surface area contributed by atoms with Crippen LogP contribution >= 0.6 is 0 Å². The molecule has 0 spiro atoms. The van der Waals surface area contributed by atoms with Crippen molar-refractivity contribution >= 4 is 5.69 Å². The number of nitrogens with zero attached hydrogens (tertiary/aromatic N) is 2. The van der Waals surface area contributed by atoms with Crippen molar-refractivity contribution in [3.05, 3.63) is 89.5 Å². The van der Waals surface area contributed by atoms with Gasteiger partial charge >= 0.3 is 0 Å². The Hall–Kier alpha value is -3.56. The summed E-state index contributed by atoms with van der Waals surface area (Å²) >= 11 is 0. The van der Waals surface area contributed by atoms with E-state index < -0.39 is 0 Å². The van der Waals surface area contributed by atoms with Crippen LogP contribution in [-0.4, -0.2) is 9.97 Å². The van der Waals surface area contributed by atoms with Crippen molar-refractivity contribution in [3.63, 3.8) is 0 Å². The van der Waals surface area contributed by atoms with Crippen molar-refractivity contribution in [2.75, 3.05) is 5.73 Å². The van der Waals surface area contributed by atoms with Crippen LogP contribution in [0.5, 0.6) is 0 Å². The predicted octanol–water partition coefficient (Wildman–Crippen LogP) is 2.86. The highest BCUT2D eigenvalue weighted by atomic mass is 14.7. The number of benzene rings is 2. The zero-order valence-corrected chi connectivity index (χ0v) is 12.3. The molecule has 0 aliphatic carbocycles. The van der Waals surface area contributed by atoms with Gasteiger partial charge in [-0.1, -0.05) is 42.0 Å². The SMILES string of the molecule is Nc1ccccc1C#Cc1ccccc1C#Cc1cnccn1. The van der Waals surface area contributed by atoms with Crippen LogP contribution in [0.4, 0.5) is 5.69 Å². The number of hydrogen-bond acceptors (Lipinski definition) is 3. The number of hydrogen-bond donors (Lipinski definition) is 1. The van der Waals surface area contributed by atoms with Gasteiger partial charge in [-0.25, -0.2) is 4.98 Å². The minimum atomic E-state index is 0.627. The highest BCUT2D eigenvalue weighted by molar-refractivity contribution is 5.59. The van der Waals surface area contributed by atoms with E-state index in [0.717, 1.165) is 16.7 Å². The van der Waals surface area contributed by atoms with Crippen LogP contribution in [0.1, 0.15) is 22.4 Å². The summed E-state index contributed by atoms with van der Waals surface area (Å²) in [6.45, 7) is 0. The maximum absolute atomic E-state index is 5.91. The molecule has 23 heavy (non-hydrogen) atoms. The van der Waals surface area contributed by atoms with Gasteiger partial charge in [-0.2, -0.15) is 0 Å². The van der Waals surface area contributed by atoms with Crippen molar-refractivity contribution < 1.29 is 0 Å². The lowest BCUT2D eigenvalue weighted by Gasteiger charge is -1.97. The summed E-state index contributed by atoms with van der Waals surface area (Å²) in [7, 11) is 0. The number of anilines is 1. The van der Waals surface area contributed by atoms with E-state index in [4.69, 9.17) is 5.73 Å². The first-order valence-electron chi connectivity index (χ1n) is 7.06. The second-order valence-corrected chi connectivity index (χ2v) is 4.72. The van der Waals surface area contributed by atoms with E-state index in [1.807, 2.05) is 48.5 Å². The van der Waals surface area contributed by atoms with Gasteiger partial charge in [-0.05, 0) is 30.2 Å². The molecule has 0 aliphatic heterocycles. The lowest BCUT2D eigenvalue weighted by molar-refractivity contribution is 1.17. The molecule has 0 amide bonds. The van der Waals surface area contributed by atoms with E-state index in [9.17, 15) is 0 Å². The number of para-hydroxylation sites is 1. The van der Waals surface area contributed by atoms with E-state index in [0.29, 0.717) is 11.4 Å². The minimum Gasteiger partial charge on any atom is -0.398 e. The van der Waals surface area contributed by atoms with Crippen molar-refractivity contribution in [2.45, 2.75) is 0 Å². The van der Waals surface area contributed by atoms with Gasteiger partial charge in [0.25, 0.3) is 0 Å². The van der Waals surface area contributed by atoms with E-state index >= 15 is 0 Å². The molecule has 108 valence electrons. The summed E-state index contributed by atoms with van der Waals surface area (Å²) < 4.78 is 0. The molecule has 0 unspecified atom stereocenters. The standard InChI is InChI=1S/C20H13N3/c21-20-8-4-3-7-18(20)10-9-16-5-1-2-6-17(16)11-12-19-15-22-13-14-23-19/h1-8,13-15H,21H2. The third-order valence-electron chi connectivity index (χ3n) is 3.11. The van der Waals surface area contributed by atoms with Gasteiger partial charge in [-0.15, -0.1) is 0 Å². The molecule has 0 atom stereocenters. The highest BCUT2D eigenvalue weighted by Gasteiger charge is 1.96. The van der Waals surface area contributed by atoms with Gasteiger partial charge in [0.2, 0.25) is 0 Å². The Kier molecular flexibility index (Phi) is 4.34. The zero-order valence-electron chi connectivity index (χ0n) is 12.3. The van der Waals surface area contributed by atoms with Crippen LogP contribution in [0.3, 0.4) is 0 Å². The number of aromatic nitrogens is 2. The van der Waals surface area contributed by atoms with Gasteiger partial charge in [0, 0.05) is 34.8 Å². The van der Waals surface area contributed by atoms with Crippen LogP contribution in [0, 0.1) is 23.7 Å². The van der Waals surface area contributed by atoms with Crippen LogP contribution in [-0.2, 0) is 0 Å². The average Bonchev–Trinajstić information content (AvgIpc) is 2.61. The molecule has 3 rings (SSSR count). The van der Waals surface area contributed by atoms with Crippen LogP contribution < -0.4 is 5.73 Å². The molecular formula is C20H13N3. The first kappa shape index (κ1) is 14.4. The number of nitrogen functional groups attached to an aromatic ring is 1. The third kappa shape index (κ3) is 3.75. The molecule has 2 aromatic carbocycles. The quantitative estimate of drug-likeness (QED) is 0.512. The molecule has 2 N–H and O–H groups in total. The predicted molar refractivity (Wildman–Crippen MR) is 91.3 cm³/mol. The summed E-state index contributed by atoms with van der Waals surface area (Å²) in [6, 6.07) is 15.3. The normalized spacial score (nSPS) is 9.22. The van der Waals surface area contributed by atoms with Crippen LogP contribution in [0.2, 0.25) is 0 Å². The number of nitrogens with two attached hydrogens (primary N) is 1. The second-order valence-electron chi connectivity index (χ2n) is 4.72. The summed E-state index contributed by atoms with van der Waals surface area (Å²) in [5.74, 6) is 12.3. The van der Waals surface area contributed by atoms with Crippen molar-refractivity contribution in [2.24, 2.45) is 0 Å². The highest BCUT2D eigenvalue weighted by Crippen LogP contribution is 2.10. The Bertz CT molecular complexity index is 939. The molecule has 0 radical (unpaired) electrons.